The standard InChI is InChI=1S/C18H28N4O3/c1-19-8-10-20(11-9-19)13-15-4-3-7-21(14-15)16-5-6-17(22(23)24)18(12-16)25-2/h5-6,12,15H,3-4,7-11,13-14H2,1-2H3/t15-/m1/s1. The van der Waals surface area contributed by atoms with Crippen molar-refractivity contribution in [1.29, 1.82) is 0 Å². The van der Waals surface area contributed by atoms with E-state index < -0.39 is 4.92 Å². The van der Waals surface area contributed by atoms with Crippen LogP contribution < -0.4 is 9.64 Å². The van der Waals surface area contributed by atoms with Gasteiger partial charge in [0, 0.05) is 63.6 Å². The van der Waals surface area contributed by atoms with Gasteiger partial charge >= 0.3 is 5.69 Å². The zero-order chi connectivity index (χ0) is 17.8. The van der Waals surface area contributed by atoms with Crippen LogP contribution in [0, 0.1) is 16.0 Å². The molecule has 2 aliphatic heterocycles. The van der Waals surface area contributed by atoms with Crippen molar-refractivity contribution in [3.8, 4) is 5.75 Å². The SMILES string of the molecule is COc1cc(N2CCC[C@H](CN3CCN(C)CC3)C2)ccc1[N+](=O)[O-]. The van der Waals surface area contributed by atoms with Gasteiger partial charge < -0.3 is 19.4 Å². The van der Waals surface area contributed by atoms with Gasteiger partial charge in [-0.2, -0.15) is 0 Å². The number of ether oxygens (including phenoxy) is 1. The Labute approximate surface area is 149 Å². The van der Waals surface area contributed by atoms with Crippen LogP contribution in [0.4, 0.5) is 11.4 Å². The van der Waals surface area contributed by atoms with Gasteiger partial charge in [-0.15, -0.1) is 0 Å². The predicted octanol–water partition coefficient (Wildman–Crippen LogP) is 2.07. The second kappa shape index (κ2) is 8.01. The highest BCUT2D eigenvalue weighted by atomic mass is 16.6. The molecule has 0 unspecified atom stereocenters. The molecule has 2 saturated heterocycles. The molecule has 2 aliphatic rings. The van der Waals surface area contributed by atoms with E-state index in [0.717, 1.165) is 57.9 Å². The van der Waals surface area contributed by atoms with E-state index in [4.69, 9.17) is 4.74 Å². The van der Waals surface area contributed by atoms with Gasteiger partial charge in [0.25, 0.3) is 0 Å². The molecule has 1 aromatic carbocycles. The zero-order valence-corrected chi connectivity index (χ0v) is 15.2. The lowest BCUT2D eigenvalue weighted by atomic mass is 9.96. The Bertz CT molecular complexity index is 602. The van der Waals surface area contributed by atoms with Gasteiger partial charge in [-0.05, 0) is 31.9 Å². The molecular weight excluding hydrogens is 320 g/mol. The lowest BCUT2D eigenvalue weighted by Gasteiger charge is -2.39. The summed E-state index contributed by atoms with van der Waals surface area (Å²) in [5, 5.41) is 11.1. The fraction of sp³-hybridized carbons (Fsp3) is 0.667. The summed E-state index contributed by atoms with van der Waals surface area (Å²) in [5.74, 6) is 0.988. The first-order chi connectivity index (χ1) is 12.1. The molecule has 0 N–H and O–H groups in total. The molecule has 0 amide bonds. The van der Waals surface area contributed by atoms with Crippen LogP contribution in [-0.2, 0) is 0 Å². The summed E-state index contributed by atoms with van der Waals surface area (Å²) < 4.78 is 5.22. The van der Waals surface area contributed by atoms with E-state index in [2.05, 4.69) is 21.7 Å². The second-order valence-electron chi connectivity index (χ2n) is 7.17. The summed E-state index contributed by atoms with van der Waals surface area (Å²) in [5.41, 5.74) is 1.04. The first kappa shape index (κ1) is 17.9. The van der Waals surface area contributed by atoms with Crippen molar-refractivity contribution in [2.75, 3.05) is 64.9 Å². The average molecular weight is 348 g/mol. The number of anilines is 1. The lowest BCUT2D eigenvalue weighted by molar-refractivity contribution is -0.385. The van der Waals surface area contributed by atoms with Crippen LogP contribution in [-0.4, -0.2) is 74.7 Å². The smallest absolute Gasteiger partial charge is 0.311 e. The summed E-state index contributed by atoms with van der Waals surface area (Å²) in [6.07, 6.45) is 2.42. The number of rotatable bonds is 5. The van der Waals surface area contributed by atoms with E-state index >= 15 is 0 Å². The highest BCUT2D eigenvalue weighted by Crippen LogP contribution is 2.33. The van der Waals surface area contributed by atoms with Gasteiger partial charge in [-0.25, -0.2) is 0 Å². The van der Waals surface area contributed by atoms with Crippen molar-refractivity contribution < 1.29 is 9.66 Å². The van der Waals surface area contributed by atoms with Crippen molar-refractivity contribution in [3.63, 3.8) is 0 Å². The predicted molar refractivity (Wildman–Crippen MR) is 98.5 cm³/mol. The first-order valence-electron chi connectivity index (χ1n) is 9.05. The van der Waals surface area contributed by atoms with Crippen LogP contribution >= 0.6 is 0 Å². The van der Waals surface area contributed by atoms with E-state index in [9.17, 15) is 10.1 Å². The monoisotopic (exact) mass is 348 g/mol. The largest absolute Gasteiger partial charge is 0.490 e. The fourth-order valence-corrected chi connectivity index (χ4v) is 3.86. The zero-order valence-electron chi connectivity index (χ0n) is 15.2. The third-order valence-corrected chi connectivity index (χ3v) is 5.36. The van der Waals surface area contributed by atoms with Crippen LogP contribution in [0.3, 0.4) is 0 Å². The molecule has 0 aliphatic carbocycles. The van der Waals surface area contributed by atoms with Crippen LogP contribution in [0.2, 0.25) is 0 Å². The first-order valence-corrected chi connectivity index (χ1v) is 9.05. The van der Waals surface area contributed by atoms with Crippen molar-refractivity contribution in [1.82, 2.24) is 9.80 Å². The van der Waals surface area contributed by atoms with Crippen LogP contribution in [0.1, 0.15) is 12.8 Å². The van der Waals surface area contributed by atoms with Crippen LogP contribution in [0.25, 0.3) is 0 Å². The van der Waals surface area contributed by atoms with E-state index in [1.165, 1.54) is 13.5 Å². The summed E-state index contributed by atoms with van der Waals surface area (Å²) in [4.78, 5) is 18.0. The minimum Gasteiger partial charge on any atom is -0.490 e. The molecule has 2 fully saturated rings. The minimum absolute atomic E-state index is 0.0252. The van der Waals surface area contributed by atoms with Gasteiger partial charge in [0.15, 0.2) is 5.75 Å². The molecule has 0 radical (unpaired) electrons. The maximum Gasteiger partial charge on any atom is 0.311 e. The van der Waals surface area contributed by atoms with Crippen molar-refractivity contribution >= 4 is 11.4 Å². The summed E-state index contributed by atoms with van der Waals surface area (Å²) in [7, 11) is 3.67. The van der Waals surface area contributed by atoms with Crippen molar-refractivity contribution in [3.05, 3.63) is 28.3 Å². The lowest BCUT2D eigenvalue weighted by Crippen LogP contribution is -2.48. The van der Waals surface area contributed by atoms with Gasteiger partial charge in [0.1, 0.15) is 0 Å². The van der Waals surface area contributed by atoms with Crippen molar-refractivity contribution in [2.24, 2.45) is 5.92 Å². The van der Waals surface area contributed by atoms with Gasteiger partial charge in [0.2, 0.25) is 0 Å². The van der Waals surface area contributed by atoms with Gasteiger partial charge in [-0.3, -0.25) is 10.1 Å². The average Bonchev–Trinajstić information content (AvgIpc) is 2.63. The number of piperidine rings is 1. The Morgan fingerprint density at radius 1 is 1.24 bits per heavy atom. The number of nitro benzene ring substituents is 1. The summed E-state index contributed by atoms with van der Waals surface area (Å²) >= 11 is 0. The number of hydrogen-bond donors (Lipinski definition) is 0. The van der Waals surface area contributed by atoms with Crippen LogP contribution in [0.5, 0.6) is 5.75 Å². The topological polar surface area (TPSA) is 62.1 Å². The van der Waals surface area contributed by atoms with E-state index in [1.54, 1.807) is 12.1 Å². The Balaban J connectivity index is 1.64. The third-order valence-electron chi connectivity index (χ3n) is 5.36. The van der Waals surface area contributed by atoms with E-state index in [1.807, 2.05) is 6.07 Å². The summed E-state index contributed by atoms with van der Waals surface area (Å²) in [6, 6.07) is 5.20. The molecule has 25 heavy (non-hydrogen) atoms. The number of likely N-dealkylation sites (N-methyl/N-ethyl adjacent to an activating group) is 1. The summed E-state index contributed by atoms with van der Waals surface area (Å²) in [6.45, 7) is 7.75. The highest BCUT2D eigenvalue weighted by molar-refractivity contribution is 5.59. The van der Waals surface area contributed by atoms with Crippen molar-refractivity contribution in [2.45, 2.75) is 12.8 Å². The van der Waals surface area contributed by atoms with Crippen LogP contribution in [0.15, 0.2) is 18.2 Å². The van der Waals surface area contributed by atoms with Gasteiger partial charge in [-0.1, -0.05) is 0 Å². The Morgan fingerprint density at radius 3 is 2.68 bits per heavy atom. The molecule has 3 rings (SSSR count). The number of methoxy groups -OCH3 is 1. The fourth-order valence-electron chi connectivity index (χ4n) is 3.86. The maximum absolute atomic E-state index is 11.1. The quantitative estimate of drug-likeness (QED) is 0.600. The van der Waals surface area contributed by atoms with E-state index in [-0.39, 0.29) is 5.69 Å². The Morgan fingerprint density at radius 2 is 2.00 bits per heavy atom. The maximum atomic E-state index is 11.1. The third kappa shape index (κ3) is 4.41. The number of nitrogens with zero attached hydrogens (tertiary/aromatic N) is 4. The Kier molecular flexibility index (Phi) is 5.75. The molecule has 0 spiro atoms. The highest BCUT2D eigenvalue weighted by Gasteiger charge is 2.25. The van der Waals surface area contributed by atoms with E-state index in [0.29, 0.717) is 11.7 Å². The number of hydrogen-bond acceptors (Lipinski definition) is 6. The molecule has 138 valence electrons. The molecule has 1 aromatic rings. The van der Waals surface area contributed by atoms with Gasteiger partial charge in [0.05, 0.1) is 12.0 Å². The normalized spacial score (nSPS) is 22.8. The molecular formula is C18H28N4O3. The molecule has 0 aromatic heterocycles. The minimum atomic E-state index is -0.394. The molecule has 7 heteroatoms. The number of piperazine rings is 1. The molecule has 2 heterocycles. The Hall–Kier alpha value is -1.86. The number of nitro groups is 1. The molecule has 0 bridgehead atoms. The molecule has 0 saturated carbocycles. The molecule has 1 atom stereocenters. The second-order valence-corrected chi connectivity index (χ2v) is 7.17. The molecule has 7 nitrogen and oxygen atoms in total. The number of benzene rings is 1.